The first-order valence-electron chi connectivity index (χ1n) is 4.74. The molecule has 1 aliphatic rings. The van der Waals surface area contributed by atoms with E-state index in [0.29, 0.717) is 0 Å². The number of hydrogen-bond acceptors (Lipinski definition) is 3. The predicted molar refractivity (Wildman–Crippen MR) is 53.8 cm³/mol. The van der Waals surface area contributed by atoms with Gasteiger partial charge in [-0.3, -0.25) is 5.32 Å². The van der Waals surface area contributed by atoms with Gasteiger partial charge in [-0.05, 0) is 6.92 Å². The first kappa shape index (κ1) is 9.43. The molecule has 4 nitrogen and oxygen atoms in total. The molecule has 1 aromatic heterocycles. The van der Waals surface area contributed by atoms with Gasteiger partial charge in [0.15, 0.2) is 0 Å². The molecule has 0 saturated carbocycles. The van der Waals surface area contributed by atoms with Gasteiger partial charge in [0, 0.05) is 18.9 Å². The number of ether oxygens (including phenoxy) is 1. The summed E-state index contributed by atoms with van der Waals surface area (Å²) in [5.41, 5.74) is -0.271. The average molecular weight is 193 g/mol. The van der Waals surface area contributed by atoms with E-state index < -0.39 is 0 Å². The SMILES string of the molecule is C=CC(C)(C1NCCO1)n1ccnc1. The highest BCUT2D eigenvalue weighted by molar-refractivity contribution is 5.05. The fourth-order valence-corrected chi connectivity index (χ4v) is 1.69. The van der Waals surface area contributed by atoms with Crippen LogP contribution in [0.15, 0.2) is 31.4 Å². The molecule has 1 N–H and O–H groups in total. The molecule has 2 atom stereocenters. The Labute approximate surface area is 83.6 Å². The van der Waals surface area contributed by atoms with Crippen LogP contribution in [0.4, 0.5) is 0 Å². The zero-order valence-electron chi connectivity index (χ0n) is 8.31. The molecule has 0 aliphatic carbocycles. The maximum Gasteiger partial charge on any atom is 0.135 e. The van der Waals surface area contributed by atoms with Crippen molar-refractivity contribution in [2.45, 2.75) is 18.7 Å². The molecule has 1 fully saturated rings. The van der Waals surface area contributed by atoms with E-state index in [2.05, 4.69) is 23.8 Å². The summed E-state index contributed by atoms with van der Waals surface area (Å²) in [7, 11) is 0. The van der Waals surface area contributed by atoms with Crippen molar-refractivity contribution < 1.29 is 4.74 Å². The molecular weight excluding hydrogens is 178 g/mol. The van der Waals surface area contributed by atoms with Crippen LogP contribution in [0.2, 0.25) is 0 Å². The molecule has 0 bridgehead atoms. The molecule has 2 heterocycles. The molecule has 76 valence electrons. The van der Waals surface area contributed by atoms with E-state index in [-0.39, 0.29) is 11.8 Å². The molecule has 0 amide bonds. The Hall–Kier alpha value is -1.13. The fraction of sp³-hybridized carbons (Fsp3) is 0.500. The van der Waals surface area contributed by atoms with Crippen LogP contribution in [0.5, 0.6) is 0 Å². The van der Waals surface area contributed by atoms with Crippen molar-refractivity contribution in [3.63, 3.8) is 0 Å². The first-order chi connectivity index (χ1) is 6.77. The Morgan fingerprint density at radius 3 is 3.14 bits per heavy atom. The van der Waals surface area contributed by atoms with E-state index in [1.54, 1.807) is 12.5 Å². The molecule has 0 radical (unpaired) electrons. The lowest BCUT2D eigenvalue weighted by molar-refractivity contribution is 0.0287. The standard InChI is InChI=1S/C10H15N3O/c1-3-10(2,9-12-5-7-14-9)13-6-4-11-8-13/h3-4,6,8-9,12H,1,5,7H2,2H3. The van der Waals surface area contributed by atoms with E-state index in [0.717, 1.165) is 13.2 Å². The number of hydrogen-bond donors (Lipinski definition) is 1. The van der Waals surface area contributed by atoms with E-state index in [4.69, 9.17) is 4.74 Å². The fourth-order valence-electron chi connectivity index (χ4n) is 1.69. The van der Waals surface area contributed by atoms with Crippen molar-refractivity contribution in [1.82, 2.24) is 14.9 Å². The summed E-state index contributed by atoms with van der Waals surface area (Å²) in [5.74, 6) is 0. The minimum absolute atomic E-state index is 0.0193. The largest absolute Gasteiger partial charge is 0.359 e. The van der Waals surface area contributed by atoms with Crippen molar-refractivity contribution in [3.05, 3.63) is 31.4 Å². The third-order valence-electron chi connectivity index (χ3n) is 2.72. The van der Waals surface area contributed by atoms with E-state index in [1.807, 2.05) is 16.8 Å². The Morgan fingerprint density at radius 1 is 1.79 bits per heavy atom. The van der Waals surface area contributed by atoms with Crippen molar-refractivity contribution in [3.8, 4) is 0 Å². The van der Waals surface area contributed by atoms with Gasteiger partial charge in [-0.25, -0.2) is 4.98 Å². The Kier molecular flexibility index (Phi) is 2.39. The van der Waals surface area contributed by atoms with Crippen molar-refractivity contribution in [2.75, 3.05) is 13.2 Å². The summed E-state index contributed by atoms with van der Waals surface area (Å²) in [6.45, 7) is 7.58. The summed E-state index contributed by atoms with van der Waals surface area (Å²) >= 11 is 0. The molecule has 0 spiro atoms. The van der Waals surface area contributed by atoms with E-state index in [9.17, 15) is 0 Å². The Bertz CT molecular complexity index is 303. The molecule has 1 aliphatic heterocycles. The molecule has 2 unspecified atom stereocenters. The maximum absolute atomic E-state index is 5.60. The molecule has 1 aromatic rings. The number of nitrogens with one attached hydrogen (secondary N) is 1. The number of aromatic nitrogens is 2. The van der Waals surface area contributed by atoms with Gasteiger partial charge in [0.25, 0.3) is 0 Å². The summed E-state index contributed by atoms with van der Waals surface area (Å²) in [6.07, 6.45) is 7.33. The number of rotatable bonds is 3. The maximum atomic E-state index is 5.60. The van der Waals surface area contributed by atoms with Crippen LogP contribution in [-0.2, 0) is 10.3 Å². The lowest BCUT2D eigenvalue weighted by Crippen LogP contribution is -2.46. The van der Waals surface area contributed by atoms with Crippen molar-refractivity contribution >= 4 is 0 Å². The second kappa shape index (κ2) is 3.55. The Balaban J connectivity index is 2.28. The van der Waals surface area contributed by atoms with Gasteiger partial charge in [-0.1, -0.05) is 6.08 Å². The van der Waals surface area contributed by atoms with Gasteiger partial charge < -0.3 is 9.30 Å². The zero-order valence-corrected chi connectivity index (χ0v) is 8.31. The molecule has 2 rings (SSSR count). The summed E-state index contributed by atoms with van der Waals surface area (Å²) in [6, 6.07) is 0. The molecule has 14 heavy (non-hydrogen) atoms. The topological polar surface area (TPSA) is 39.1 Å². The lowest BCUT2D eigenvalue weighted by Gasteiger charge is -2.32. The van der Waals surface area contributed by atoms with Crippen LogP contribution in [0.3, 0.4) is 0 Å². The smallest absolute Gasteiger partial charge is 0.135 e. The van der Waals surface area contributed by atoms with Gasteiger partial charge in [0.2, 0.25) is 0 Å². The van der Waals surface area contributed by atoms with Gasteiger partial charge in [0.05, 0.1) is 12.9 Å². The minimum Gasteiger partial charge on any atom is -0.359 e. The summed E-state index contributed by atoms with van der Waals surface area (Å²) < 4.78 is 7.60. The van der Waals surface area contributed by atoms with Crippen LogP contribution >= 0.6 is 0 Å². The third kappa shape index (κ3) is 1.36. The third-order valence-corrected chi connectivity index (χ3v) is 2.72. The highest BCUT2D eigenvalue weighted by Crippen LogP contribution is 2.24. The van der Waals surface area contributed by atoms with E-state index >= 15 is 0 Å². The normalized spacial score (nSPS) is 25.9. The highest BCUT2D eigenvalue weighted by atomic mass is 16.5. The molecule has 4 heteroatoms. The molecule has 1 saturated heterocycles. The van der Waals surface area contributed by atoms with Gasteiger partial charge in [0.1, 0.15) is 11.8 Å². The second-order valence-electron chi connectivity index (χ2n) is 3.60. The van der Waals surface area contributed by atoms with Gasteiger partial charge in [-0.2, -0.15) is 0 Å². The zero-order chi connectivity index (χ0) is 10.0. The molecule has 0 aromatic carbocycles. The van der Waals surface area contributed by atoms with Crippen LogP contribution in [0, 0.1) is 0 Å². The summed E-state index contributed by atoms with van der Waals surface area (Å²) in [4.78, 5) is 4.04. The van der Waals surface area contributed by atoms with Crippen LogP contribution in [0.25, 0.3) is 0 Å². The quantitative estimate of drug-likeness (QED) is 0.719. The highest BCUT2D eigenvalue weighted by Gasteiger charge is 2.35. The summed E-state index contributed by atoms with van der Waals surface area (Å²) in [5, 5.41) is 3.29. The lowest BCUT2D eigenvalue weighted by atomic mass is 10.0. The van der Waals surface area contributed by atoms with Gasteiger partial charge >= 0.3 is 0 Å². The van der Waals surface area contributed by atoms with E-state index in [1.165, 1.54) is 0 Å². The molecular formula is C10H15N3O. The monoisotopic (exact) mass is 193 g/mol. The van der Waals surface area contributed by atoms with Crippen LogP contribution < -0.4 is 5.32 Å². The number of imidazole rings is 1. The van der Waals surface area contributed by atoms with Crippen LogP contribution in [-0.4, -0.2) is 28.9 Å². The van der Waals surface area contributed by atoms with Gasteiger partial charge in [-0.15, -0.1) is 6.58 Å². The number of nitrogens with zero attached hydrogens (tertiary/aromatic N) is 2. The second-order valence-corrected chi connectivity index (χ2v) is 3.60. The predicted octanol–water partition coefficient (Wildman–Crippen LogP) is 0.730. The first-order valence-corrected chi connectivity index (χ1v) is 4.74. The van der Waals surface area contributed by atoms with Crippen molar-refractivity contribution in [1.29, 1.82) is 0 Å². The average Bonchev–Trinajstić information content (AvgIpc) is 2.88. The van der Waals surface area contributed by atoms with Crippen molar-refractivity contribution in [2.24, 2.45) is 0 Å². The Morgan fingerprint density at radius 2 is 2.64 bits per heavy atom. The minimum atomic E-state index is -0.271. The van der Waals surface area contributed by atoms with Crippen LogP contribution in [0.1, 0.15) is 6.92 Å².